The topological polar surface area (TPSA) is 63.8 Å². The highest BCUT2D eigenvalue weighted by Gasteiger charge is 2.13. The smallest absolute Gasteiger partial charge is 0.274 e. The van der Waals surface area contributed by atoms with Crippen LogP contribution in [0.25, 0.3) is 0 Å². The molecule has 0 atom stereocenters. The molecule has 0 amide bonds. The Labute approximate surface area is 82.7 Å². The third-order valence-corrected chi connectivity index (χ3v) is 1.95. The molecule has 0 aromatic carbocycles. The first-order chi connectivity index (χ1) is 6.74. The van der Waals surface area contributed by atoms with Crippen molar-refractivity contribution in [2.45, 2.75) is 13.8 Å². The molecule has 14 heavy (non-hydrogen) atoms. The Morgan fingerprint density at radius 3 is 2.64 bits per heavy atom. The van der Waals surface area contributed by atoms with Gasteiger partial charge < -0.3 is 0 Å². The van der Waals surface area contributed by atoms with Gasteiger partial charge in [0.1, 0.15) is 0 Å². The van der Waals surface area contributed by atoms with E-state index in [9.17, 15) is 0 Å². The maximum atomic E-state index is 4.27. The van der Waals surface area contributed by atoms with E-state index in [2.05, 4.69) is 25.6 Å². The van der Waals surface area contributed by atoms with E-state index in [-0.39, 0.29) is 0 Å². The van der Waals surface area contributed by atoms with Gasteiger partial charge in [0, 0.05) is 11.4 Å². The molecule has 0 saturated heterocycles. The van der Waals surface area contributed by atoms with Crippen LogP contribution in [0.4, 0.5) is 5.95 Å². The van der Waals surface area contributed by atoms with Gasteiger partial charge in [-0.2, -0.15) is 0 Å². The first kappa shape index (κ1) is 8.93. The maximum Gasteiger partial charge on any atom is 0.351 e. The van der Waals surface area contributed by atoms with Crippen LogP contribution in [0.2, 0.25) is 0 Å². The van der Waals surface area contributed by atoms with Gasteiger partial charge in [0.2, 0.25) is 0 Å². The summed E-state index contributed by atoms with van der Waals surface area (Å²) in [5.74, 6) is 1.52. The quantitative estimate of drug-likeness (QED) is 0.509. The van der Waals surface area contributed by atoms with Crippen molar-refractivity contribution in [2.24, 2.45) is 0 Å². The molecule has 0 unspecified atom stereocenters. The fourth-order valence-corrected chi connectivity index (χ4v) is 1.42. The Kier molecular flexibility index (Phi) is 2.30. The molecule has 0 radical (unpaired) electrons. The van der Waals surface area contributed by atoms with E-state index in [1.807, 2.05) is 19.9 Å². The highest BCUT2D eigenvalue weighted by Crippen LogP contribution is 2.02. The number of hydrogen-bond donors (Lipinski definition) is 3. The number of guanidine groups is 1. The van der Waals surface area contributed by atoms with Gasteiger partial charge in [0.05, 0.1) is 13.1 Å². The summed E-state index contributed by atoms with van der Waals surface area (Å²) >= 11 is 0. The SMILES string of the molecule is Cc1cc(C)nc(NC2=[NH+]CCN2)n1. The lowest BCUT2D eigenvalue weighted by molar-refractivity contribution is -0.444. The van der Waals surface area contributed by atoms with E-state index in [1.54, 1.807) is 0 Å². The van der Waals surface area contributed by atoms with Crippen LogP contribution in [0, 0.1) is 13.8 Å². The summed E-state index contributed by atoms with van der Waals surface area (Å²) in [6.45, 7) is 5.79. The van der Waals surface area contributed by atoms with Crippen molar-refractivity contribution in [1.29, 1.82) is 0 Å². The van der Waals surface area contributed by atoms with Crippen molar-refractivity contribution < 1.29 is 4.99 Å². The van der Waals surface area contributed by atoms with E-state index in [0.717, 1.165) is 30.4 Å². The maximum absolute atomic E-state index is 4.27. The second-order valence-electron chi connectivity index (χ2n) is 3.33. The fraction of sp³-hybridized carbons (Fsp3) is 0.444. The molecule has 1 aromatic heterocycles. The lowest BCUT2D eigenvalue weighted by Crippen LogP contribution is -2.72. The molecule has 3 N–H and O–H groups in total. The average molecular weight is 192 g/mol. The van der Waals surface area contributed by atoms with Crippen molar-refractivity contribution >= 4 is 11.9 Å². The number of anilines is 1. The zero-order valence-corrected chi connectivity index (χ0v) is 8.39. The summed E-state index contributed by atoms with van der Waals surface area (Å²) in [7, 11) is 0. The van der Waals surface area contributed by atoms with E-state index >= 15 is 0 Å². The van der Waals surface area contributed by atoms with Gasteiger partial charge in [-0.05, 0) is 19.9 Å². The highest BCUT2D eigenvalue weighted by molar-refractivity contribution is 5.87. The van der Waals surface area contributed by atoms with Gasteiger partial charge in [0.25, 0.3) is 5.95 Å². The molecule has 2 rings (SSSR count). The molecule has 0 spiro atoms. The number of hydrogen-bond acceptors (Lipinski definition) is 4. The Morgan fingerprint density at radius 2 is 2.07 bits per heavy atom. The Bertz CT molecular complexity index is 351. The summed E-state index contributed by atoms with van der Waals surface area (Å²) in [5.41, 5.74) is 1.94. The Balaban J connectivity index is 2.15. The van der Waals surface area contributed by atoms with Crippen LogP contribution in [-0.4, -0.2) is 29.0 Å². The van der Waals surface area contributed by atoms with Crippen molar-refractivity contribution in [3.8, 4) is 0 Å². The second kappa shape index (κ2) is 3.61. The van der Waals surface area contributed by atoms with Crippen LogP contribution in [0.15, 0.2) is 6.07 Å². The van der Waals surface area contributed by atoms with Crippen molar-refractivity contribution in [3.63, 3.8) is 0 Å². The van der Waals surface area contributed by atoms with Crippen LogP contribution in [-0.2, 0) is 0 Å². The molecular weight excluding hydrogens is 178 g/mol. The summed E-state index contributed by atoms with van der Waals surface area (Å²) in [4.78, 5) is 11.7. The fourth-order valence-electron chi connectivity index (χ4n) is 1.42. The van der Waals surface area contributed by atoms with Crippen molar-refractivity contribution in [3.05, 3.63) is 17.5 Å². The third-order valence-electron chi connectivity index (χ3n) is 1.95. The normalized spacial score (nSPS) is 14.9. The lowest BCUT2D eigenvalue weighted by Gasteiger charge is -2.00. The molecule has 5 nitrogen and oxygen atoms in total. The minimum atomic E-state index is 0.638. The van der Waals surface area contributed by atoms with E-state index in [0.29, 0.717) is 5.95 Å². The summed E-state index contributed by atoms with van der Waals surface area (Å²) in [5, 5.41) is 6.25. The first-order valence-corrected chi connectivity index (χ1v) is 4.68. The molecule has 1 aliphatic rings. The Morgan fingerprint density at radius 1 is 1.36 bits per heavy atom. The van der Waals surface area contributed by atoms with Gasteiger partial charge in [-0.25, -0.2) is 15.3 Å². The van der Waals surface area contributed by atoms with Crippen LogP contribution in [0.1, 0.15) is 11.4 Å². The monoisotopic (exact) mass is 192 g/mol. The van der Waals surface area contributed by atoms with Gasteiger partial charge in [-0.1, -0.05) is 0 Å². The van der Waals surface area contributed by atoms with Gasteiger partial charge in [-0.15, -0.1) is 0 Å². The first-order valence-electron chi connectivity index (χ1n) is 4.68. The molecule has 0 aliphatic carbocycles. The number of nitrogens with one attached hydrogen (secondary N) is 3. The molecule has 1 aliphatic heterocycles. The lowest BCUT2D eigenvalue weighted by atomic mass is 10.4. The average Bonchev–Trinajstić information content (AvgIpc) is 2.54. The minimum absolute atomic E-state index is 0.638. The molecule has 0 bridgehead atoms. The van der Waals surface area contributed by atoms with Crippen LogP contribution >= 0.6 is 0 Å². The Hall–Kier alpha value is -1.65. The van der Waals surface area contributed by atoms with Gasteiger partial charge in [0.15, 0.2) is 0 Å². The van der Waals surface area contributed by atoms with Crippen LogP contribution in [0.5, 0.6) is 0 Å². The molecule has 0 saturated carbocycles. The van der Waals surface area contributed by atoms with Crippen molar-refractivity contribution in [2.75, 3.05) is 18.4 Å². The van der Waals surface area contributed by atoms with E-state index < -0.39 is 0 Å². The van der Waals surface area contributed by atoms with Gasteiger partial charge >= 0.3 is 5.96 Å². The number of nitrogens with zero attached hydrogens (tertiary/aromatic N) is 2. The number of aryl methyl sites for hydroxylation is 2. The molecule has 1 aromatic rings. The number of rotatable bonds is 1. The third kappa shape index (κ3) is 1.99. The van der Waals surface area contributed by atoms with E-state index in [1.165, 1.54) is 0 Å². The van der Waals surface area contributed by atoms with Crippen LogP contribution < -0.4 is 15.6 Å². The second-order valence-corrected chi connectivity index (χ2v) is 3.33. The summed E-state index contributed by atoms with van der Waals surface area (Å²) < 4.78 is 0. The molecule has 0 fully saturated rings. The van der Waals surface area contributed by atoms with Crippen LogP contribution in [0.3, 0.4) is 0 Å². The molecule has 5 heteroatoms. The molecule has 74 valence electrons. The predicted molar refractivity (Wildman–Crippen MR) is 54.0 cm³/mol. The molecular formula is C9H14N5+. The summed E-state index contributed by atoms with van der Waals surface area (Å²) in [6.07, 6.45) is 0. The standard InChI is InChI=1S/C9H13N5/c1-6-5-7(2)13-9(12-6)14-8-10-3-4-11-8/h5H,3-4H2,1-2H3,(H2,10,11,12,13,14)/p+1. The molecule has 2 heterocycles. The van der Waals surface area contributed by atoms with Gasteiger partial charge in [-0.3, -0.25) is 10.3 Å². The predicted octanol–water partition coefficient (Wildman–Crippen LogP) is -1.45. The largest absolute Gasteiger partial charge is 0.351 e. The van der Waals surface area contributed by atoms with E-state index in [4.69, 9.17) is 0 Å². The zero-order valence-electron chi connectivity index (χ0n) is 8.39. The highest BCUT2D eigenvalue weighted by atomic mass is 15.3. The minimum Gasteiger partial charge on any atom is -0.274 e. The summed E-state index contributed by atoms with van der Waals surface area (Å²) in [6, 6.07) is 1.95. The number of aromatic nitrogens is 2. The zero-order chi connectivity index (χ0) is 9.97. The van der Waals surface area contributed by atoms with Crippen molar-refractivity contribution in [1.82, 2.24) is 15.3 Å².